The van der Waals surface area contributed by atoms with E-state index in [1.165, 1.54) is 18.2 Å². The summed E-state index contributed by atoms with van der Waals surface area (Å²) in [6.07, 6.45) is 0. The number of fused-ring (bicyclic) bond motifs is 1. The molecular weight excluding hydrogens is 430 g/mol. The van der Waals surface area contributed by atoms with Crippen molar-refractivity contribution in [2.45, 2.75) is 12.8 Å². The minimum Gasteiger partial charge on any atom is -0.494 e. The first kappa shape index (κ1) is 21.8. The van der Waals surface area contributed by atoms with Crippen molar-refractivity contribution in [3.05, 3.63) is 100 Å². The zero-order chi connectivity index (χ0) is 23.5. The Bertz CT molecular complexity index is 1300. The van der Waals surface area contributed by atoms with Crippen LogP contribution in [-0.2, 0) is 0 Å². The van der Waals surface area contributed by atoms with E-state index in [1.807, 2.05) is 13.0 Å². The van der Waals surface area contributed by atoms with Crippen LogP contribution >= 0.6 is 0 Å². The number of benzene rings is 3. The predicted molar refractivity (Wildman–Crippen MR) is 115 cm³/mol. The molecule has 0 amide bonds. The van der Waals surface area contributed by atoms with E-state index in [0.717, 1.165) is 12.1 Å². The van der Waals surface area contributed by atoms with Crippen molar-refractivity contribution in [2.75, 3.05) is 6.61 Å². The largest absolute Gasteiger partial charge is 0.494 e. The number of rotatable bonds is 5. The summed E-state index contributed by atoms with van der Waals surface area (Å²) in [5.74, 6) is -2.53. The topological polar surface area (TPSA) is 94.6 Å². The number of carbonyl (C=O) groups excluding carboxylic acids is 1. The van der Waals surface area contributed by atoms with Gasteiger partial charge < -0.3 is 19.9 Å². The maximum atomic E-state index is 13.9. The number of ether oxygens (including phenoxy) is 3. The first-order chi connectivity index (χ1) is 15.9. The monoisotopic (exact) mass is 448 g/mol. The fourth-order valence-electron chi connectivity index (χ4n) is 3.55. The molecule has 33 heavy (non-hydrogen) atoms. The lowest BCUT2D eigenvalue weighted by atomic mass is 9.83. The van der Waals surface area contributed by atoms with E-state index in [-0.39, 0.29) is 23.0 Å². The smallest absolute Gasteiger partial charge is 0.343 e. The Morgan fingerprint density at radius 3 is 2.45 bits per heavy atom. The predicted octanol–water partition coefficient (Wildman–Crippen LogP) is 4.80. The molecule has 0 spiro atoms. The molecule has 1 atom stereocenters. The highest BCUT2D eigenvalue weighted by Gasteiger charge is 2.31. The third-order valence-electron chi connectivity index (χ3n) is 5.08. The Morgan fingerprint density at radius 2 is 1.79 bits per heavy atom. The quantitative estimate of drug-likeness (QED) is 0.445. The number of nitriles is 1. The van der Waals surface area contributed by atoms with Crippen LogP contribution in [0, 0.1) is 23.0 Å². The zero-order valence-corrected chi connectivity index (χ0v) is 17.5. The molecule has 1 heterocycles. The molecule has 0 radical (unpaired) electrons. The number of esters is 1. The molecule has 6 nitrogen and oxygen atoms in total. The molecule has 1 aliphatic rings. The van der Waals surface area contributed by atoms with Gasteiger partial charge in [0.05, 0.1) is 18.1 Å². The van der Waals surface area contributed by atoms with Gasteiger partial charge in [0.2, 0.25) is 5.88 Å². The van der Waals surface area contributed by atoms with Gasteiger partial charge in [-0.3, -0.25) is 0 Å². The molecule has 0 aromatic heterocycles. The molecule has 166 valence electrons. The lowest BCUT2D eigenvalue weighted by Gasteiger charge is -2.26. The molecule has 3 aromatic carbocycles. The van der Waals surface area contributed by atoms with E-state index in [1.54, 1.807) is 30.3 Å². The molecule has 1 aliphatic heterocycles. The van der Waals surface area contributed by atoms with Crippen LogP contribution in [0.1, 0.15) is 34.3 Å². The summed E-state index contributed by atoms with van der Waals surface area (Å²) in [5.41, 5.74) is 7.14. The lowest BCUT2D eigenvalue weighted by Crippen LogP contribution is -2.21. The Morgan fingerprint density at radius 1 is 1.06 bits per heavy atom. The van der Waals surface area contributed by atoms with E-state index in [9.17, 15) is 18.8 Å². The van der Waals surface area contributed by atoms with E-state index in [4.69, 9.17) is 19.9 Å². The van der Waals surface area contributed by atoms with E-state index in [0.29, 0.717) is 29.0 Å². The van der Waals surface area contributed by atoms with Crippen molar-refractivity contribution in [3.8, 4) is 23.3 Å². The third kappa shape index (κ3) is 4.34. The summed E-state index contributed by atoms with van der Waals surface area (Å²) < 4.78 is 43.7. The van der Waals surface area contributed by atoms with Gasteiger partial charge >= 0.3 is 5.97 Å². The number of nitrogens with zero attached hydrogens (tertiary/aromatic N) is 1. The van der Waals surface area contributed by atoms with Gasteiger partial charge in [0.15, 0.2) is 11.6 Å². The molecule has 0 aliphatic carbocycles. The normalized spacial score (nSPS) is 14.7. The highest BCUT2D eigenvalue weighted by Crippen LogP contribution is 2.43. The van der Waals surface area contributed by atoms with Crippen molar-refractivity contribution in [3.63, 3.8) is 0 Å². The molecule has 3 aromatic rings. The van der Waals surface area contributed by atoms with Crippen LogP contribution < -0.4 is 19.9 Å². The summed E-state index contributed by atoms with van der Waals surface area (Å²) in [6, 6.07) is 16.4. The van der Waals surface area contributed by atoms with Crippen molar-refractivity contribution in [1.82, 2.24) is 0 Å². The standard InChI is InChI=1S/C25H18F2N2O4/c1-2-31-16-6-3-14(4-7-16)25(30)32-17-8-9-18-22(12-17)33-24(29)19(13-28)23(18)15-5-10-20(26)21(27)11-15/h3-12,23H,2,29H2,1H3. The summed E-state index contributed by atoms with van der Waals surface area (Å²) in [4.78, 5) is 12.5. The summed E-state index contributed by atoms with van der Waals surface area (Å²) in [5, 5.41) is 9.58. The Balaban J connectivity index is 1.64. The molecule has 0 saturated heterocycles. The maximum absolute atomic E-state index is 13.9. The fourth-order valence-corrected chi connectivity index (χ4v) is 3.55. The SMILES string of the molecule is CCOc1ccc(C(=O)Oc2ccc3c(c2)OC(N)=C(C#N)C3c2ccc(F)c(F)c2)cc1. The second-order valence-electron chi connectivity index (χ2n) is 7.14. The number of halogens is 2. The second kappa shape index (κ2) is 9.01. The minimum atomic E-state index is -1.04. The third-order valence-corrected chi connectivity index (χ3v) is 5.08. The Labute approximate surface area is 188 Å². The van der Waals surface area contributed by atoms with Crippen molar-refractivity contribution < 1.29 is 27.8 Å². The number of hydrogen-bond donors (Lipinski definition) is 1. The van der Waals surface area contributed by atoms with Crippen LogP contribution in [0.5, 0.6) is 17.2 Å². The first-order valence-corrected chi connectivity index (χ1v) is 10.0. The van der Waals surface area contributed by atoms with E-state index < -0.39 is 23.5 Å². The fraction of sp³-hybridized carbons (Fsp3) is 0.120. The molecular formula is C25H18F2N2O4. The van der Waals surface area contributed by atoms with Gasteiger partial charge in [-0.05, 0) is 55.0 Å². The van der Waals surface area contributed by atoms with Gasteiger partial charge in [-0.2, -0.15) is 5.26 Å². The highest BCUT2D eigenvalue weighted by atomic mass is 19.2. The van der Waals surface area contributed by atoms with Crippen LogP contribution in [0.4, 0.5) is 8.78 Å². The molecule has 4 rings (SSSR count). The van der Waals surface area contributed by atoms with Crippen LogP contribution in [0.15, 0.2) is 72.1 Å². The number of nitrogens with two attached hydrogens (primary N) is 1. The summed E-state index contributed by atoms with van der Waals surface area (Å²) in [6.45, 7) is 2.37. The molecule has 0 saturated carbocycles. The lowest BCUT2D eigenvalue weighted by molar-refractivity contribution is 0.0734. The summed E-state index contributed by atoms with van der Waals surface area (Å²) >= 11 is 0. The van der Waals surface area contributed by atoms with Crippen LogP contribution in [0.3, 0.4) is 0 Å². The van der Waals surface area contributed by atoms with Crippen molar-refractivity contribution in [2.24, 2.45) is 5.73 Å². The van der Waals surface area contributed by atoms with Gasteiger partial charge in [0.25, 0.3) is 0 Å². The molecule has 2 N–H and O–H groups in total. The van der Waals surface area contributed by atoms with Gasteiger partial charge in [0, 0.05) is 11.6 Å². The average molecular weight is 448 g/mol. The van der Waals surface area contributed by atoms with Gasteiger partial charge in [-0.15, -0.1) is 0 Å². The van der Waals surface area contributed by atoms with Gasteiger partial charge in [-0.25, -0.2) is 13.6 Å². The van der Waals surface area contributed by atoms with E-state index in [2.05, 4.69) is 0 Å². The number of allylic oxidation sites excluding steroid dienone is 1. The van der Waals surface area contributed by atoms with Crippen molar-refractivity contribution in [1.29, 1.82) is 5.26 Å². The maximum Gasteiger partial charge on any atom is 0.343 e. The van der Waals surface area contributed by atoms with Crippen LogP contribution in [0.25, 0.3) is 0 Å². The first-order valence-electron chi connectivity index (χ1n) is 10.0. The molecule has 0 fully saturated rings. The van der Waals surface area contributed by atoms with E-state index >= 15 is 0 Å². The molecule has 0 bridgehead atoms. The molecule has 8 heteroatoms. The van der Waals surface area contributed by atoms with Gasteiger partial charge in [-0.1, -0.05) is 12.1 Å². The Kier molecular flexibility index (Phi) is 5.96. The van der Waals surface area contributed by atoms with Crippen LogP contribution in [0.2, 0.25) is 0 Å². The zero-order valence-electron chi connectivity index (χ0n) is 17.5. The Hall–Kier alpha value is -4.38. The number of carbonyl (C=O) groups is 1. The highest BCUT2D eigenvalue weighted by molar-refractivity contribution is 5.91. The number of hydrogen-bond acceptors (Lipinski definition) is 6. The molecule has 1 unspecified atom stereocenters. The second-order valence-corrected chi connectivity index (χ2v) is 7.14. The van der Waals surface area contributed by atoms with Crippen molar-refractivity contribution >= 4 is 5.97 Å². The summed E-state index contributed by atoms with van der Waals surface area (Å²) in [7, 11) is 0. The van der Waals surface area contributed by atoms with Crippen LogP contribution in [-0.4, -0.2) is 12.6 Å². The average Bonchev–Trinajstić information content (AvgIpc) is 2.80. The minimum absolute atomic E-state index is 0.0626. The van der Waals surface area contributed by atoms with Gasteiger partial charge in [0.1, 0.15) is 28.9 Å².